The van der Waals surface area contributed by atoms with E-state index >= 15 is 0 Å². The molecule has 0 aromatic heterocycles. The van der Waals surface area contributed by atoms with Gasteiger partial charge in [-0.25, -0.2) is 0 Å². The highest BCUT2D eigenvalue weighted by atomic mass is 35.5. The van der Waals surface area contributed by atoms with E-state index in [4.69, 9.17) is 0 Å². The van der Waals surface area contributed by atoms with Crippen molar-refractivity contribution in [1.82, 2.24) is 10.2 Å². The van der Waals surface area contributed by atoms with Crippen molar-refractivity contribution in [2.75, 3.05) is 19.6 Å². The standard InChI is InChI=1S/C15H22N2O.ClH/c1-11-5-4-6-14(9-11)13(3)15(18)17-8-7-16-10-12(17)2;/h4-6,9,12-13,16H,7-8,10H2,1-3H3;1H/t12-,13?;/m0./s1. The molecule has 0 bridgehead atoms. The maximum Gasteiger partial charge on any atom is 0.230 e. The third-order valence-electron chi connectivity index (χ3n) is 3.70. The van der Waals surface area contributed by atoms with Crippen LogP contribution < -0.4 is 5.32 Å². The highest BCUT2D eigenvalue weighted by Gasteiger charge is 2.27. The molecule has 1 aromatic carbocycles. The first-order valence-electron chi connectivity index (χ1n) is 6.67. The molecule has 0 spiro atoms. The number of carbonyl (C=O) groups is 1. The molecule has 1 heterocycles. The van der Waals surface area contributed by atoms with Gasteiger partial charge >= 0.3 is 0 Å². The van der Waals surface area contributed by atoms with Crippen LogP contribution in [-0.2, 0) is 4.79 Å². The van der Waals surface area contributed by atoms with Crippen LogP contribution in [0.5, 0.6) is 0 Å². The highest BCUT2D eigenvalue weighted by Crippen LogP contribution is 2.20. The predicted molar refractivity (Wildman–Crippen MR) is 80.9 cm³/mol. The van der Waals surface area contributed by atoms with Gasteiger partial charge in [0, 0.05) is 25.7 Å². The topological polar surface area (TPSA) is 32.3 Å². The van der Waals surface area contributed by atoms with Crippen molar-refractivity contribution >= 4 is 18.3 Å². The van der Waals surface area contributed by atoms with Crippen LogP contribution in [0.3, 0.4) is 0 Å². The molecule has 4 heteroatoms. The summed E-state index contributed by atoms with van der Waals surface area (Å²) >= 11 is 0. The van der Waals surface area contributed by atoms with Gasteiger partial charge in [-0.1, -0.05) is 29.8 Å². The fraction of sp³-hybridized carbons (Fsp3) is 0.533. The summed E-state index contributed by atoms with van der Waals surface area (Å²) in [5.41, 5.74) is 2.33. The van der Waals surface area contributed by atoms with Gasteiger partial charge in [0.05, 0.1) is 5.92 Å². The zero-order valence-electron chi connectivity index (χ0n) is 11.8. The van der Waals surface area contributed by atoms with E-state index in [2.05, 4.69) is 31.3 Å². The Labute approximate surface area is 121 Å². The van der Waals surface area contributed by atoms with E-state index in [0.717, 1.165) is 25.2 Å². The number of benzene rings is 1. The van der Waals surface area contributed by atoms with Crippen LogP contribution in [-0.4, -0.2) is 36.5 Å². The summed E-state index contributed by atoms with van der Waals surface area (Å²) in [6.45, 7) is 8.78. The van der Waals surface area contributed by atoms with Crippen LogP contribution in [0.1, 0.15) is 30.9 Å². The lowest BCUT2D eigenvalue weighted by atomic mass is 9.97. The van der Waals surface area contributed by atoms with Crippen LogP contribution in [0, 0.1) is 6.92 Å². The third-order valence-corrected chi connectivity index (χ3v) is 3.70. The molecule has 0 radical (unpaired) electrons. The molecular formula is C15H23ClN2O. The molecule has 2 atom stereocenters. The van der Waals surface area contributed by atoms with E-state index in [1.54, 1.807) is 0 Å². The summed E-state index contributed by atoms with van der Waals surface area (Å²) in [6, 6.07) is 8.53. The van der Waals surface area contributed by atoms with Crippen LogP contribution in [0.15, 0.2) is 24.3 Å². The van der Waals surface area contributed by atoms with Crippen molar-refractivity contribution in [1.29, 1.82) is 0 Å². The lowest BCUT2D eigenvalue weighted by Gasteiger charge is -2.35. The van der Waals surface area contributed by atoms with Gasteiger partial charge in [-0.3, -0.25) is 4.79 Å². The number of nitrogens with zero attached hydrogens (tertiary/aromatic N) is 1. The second kappa shape index (κ2) is 6.92. The summed E-state index contributed by atoms with van der Waals surface area (Å²) in [6.07, 6.45) is 0. The number of amides is 1. The molecular weight excluding hydrogens is 260 g/mol. The second-order valence-corrected chi connectivity index (χ2v) is 5.22. The summed E-state index contributed by atoms with van der Waals surface area (Å²) in [7, 11) is 0. The van der Waals surface area contributed by atoms with Gasteiger partial charge in [0.1, 0.15) is 0 Å². The average molecular weight is 283 g/mol. The van der Waals surface area contributed by atoms with E-state index in [1.807, 2.05) is 24.0 Å². The van der Waals surface area contributed by atoms with Crippen LogP contribution in [0.4, 0.5) is 0 Å². The van der Waals surface area contributed by atoms with Gasteiger partial charge in [0.2, 0.25) is 5.91 Å². The number of halogens is 1. The lowest BCUT2D eigenvalue weighted by Crippen LogP contribution is -2.53. The van der Waals surface area contributed by atoms with Crippen LogP contribution in [0.2, 0.25) is 0 Å². The minimum Gasteiger partial charge on any atom is -0.337 e. The number of aryl methyl sites for hydroxylation is 1. The van der Waals surface area contributed by atoms with E-state index in [0.29, 0.717) is 6.04 Å². The van der Waals surface area contributed by atoms with Crippen molar-refractivity contribution in [2.24, 2.45) is 0 Å². The number of hydrogen-bond donors (Lipinski definition) is 1. The Morgan fingerprint density at radius 3 is 2.84 bits per heavy atom. The van der Waals surface area contributed by atoms with E-state index in [9.17, 15) is 4.79 Å². The SMILES string of the molecule is Cc1cccc(C(C)C(=O)N2CCNC[C@@H]2C)c1.Cl. The number of rotatable bonds is 2. The number of carbonyl (C=O) groups excluding carboxylic acids is 1. The number of piperazine rings is 1. The van der Waals surface area contributed by atoms with Crippen LogP contribution >= 0.6 is 12.4 Å². The smallest absolute Gasteiger partial charge is 0.230 e. The quantitative estimate of drug-likeness (QED) is 0.903. The first kappa shape index (κ1) is 16.0. The molecule has 2 rings (SSSR count). The minimum atomic E-state index is -0.0505. The monoisotopic (exact) mass is 282 g/mol. The summed E-state index contributed by atoms with van der Waals surface area (Å²) in [4.78, 5) is 14.5. The van der Waals surface area contributed by atoms with Crippen molar-refractivity contribution in [2.45, 2.75) is 32.7 Å². The lowest BCUT2D eigenvalue weighted by molar-refractivity contribution is -0.135. The first-order valence-corrected chi connectivity index (χ1v) is 6.67. The molecule has 1 N–H and O–H groups in total. The zero-order chi connectivity index (χ0) is 13.1. The second-order valence-electron chi connectivity index (χ2n) is 5.22. The van der Waals surface area contributed by atoms with Gasteiger partial charge in [-0.05, 0) is 26.3 Å². The molecule has 3 nitrogen and oxygen atoms in total. The van der Waals surface area contributed by atoms with Gasteiger partial charge in [-0.2, -0.15) is 0 Å². The van der Waals surface area contributed by atoms with E-state index < -0.39 is 0 Å². The Morgan fingerprint density at radius 2 is 2.21 bits per heavy atom. The molecule has 1 amide bonds. The van der Waals surface area contributed by atoms with Crippen molar-refractivity contribution < 1.29 is 4.79 Å². The molecule has 0 saturated carbocycles. The van der Waals surface area contributed by atoms with E-state index in [-0.39, 0.29) is 24.2 Å². The van der Waals surface area contributed by atoms with Gasteiger partial charge in [0.15, 0.2) is 0 Å². The zero-order valence-corrected chi connectivity index (χ0v) is 12.7. The minimum absolute atomic E-state index is 0. The molecule has 106 valence electrons. The molecule has 1 fully saturated rings. The molecule has 1 saturated heterocycles. The molecule has 1 aliphatic rings. The van der Waals surface area contributed by atoms with Crippen molar-refractivity contribution in [3.63, 3.8) is 0 Å². The highest BCUT2D eigenvalue weighted by molar-refractivity contribution is 5.85. The summed E-state index contributed by atoms with van der Waals surface area (Å²) in [5.74, 6) is 0.194. The fourth-order valence-electron chi connectivity index (χ4n) is 2.50. The Hall–Kier alpha value is -1.06. The maximum atomic E-state index is 12.5. The normalized spacial score (nSPS) is 20.6. The molecule has 1 unspecified atom stereocenters. The predicted octanol–water partition coefficient (Wildman–Crippen LogP) is 2.34. The number of hydrogen-bond acceptors (Lipinski definition) is 2. The van der Waals surface area contributed by atoms with Gasteiger partial charge in [-0.15, -0.1) is 12.4 Å². The Balaban J connectivity index is 0.00000180. The molecule has 0 aliphatic carbocycles. The third kappa shape index (κ3) is 3.71. The number of nitrogens with one attached hydrogen (secondary N) is 1. The molecule has 1 aliphatic heterocycles. The van der Waals surface area contributed by atoms with Crippen LogP contribution in [0.25, 0.3) is 0 Å². The largest absolute Gasteiger partial charge is 0.337 e. The van der Waals surface area contributed by atoms with Crippen molar-refractivity contribution in [3.05, 3.63) is 35.4 Å². The summed E-state index contributed by atoms with van der Waals surface area (Å²) in [5, 5.41) is 3.31. The van der Waals surface area contributed by atoms with Gasteiger partial charge in [0.25, 0.3) is 0 Å². The fourth-order valence-corrected chi connectivity index (χ4v) is 2.50. The average Bonchev–Trinajstić information content (AvgIpc) is 2.37. The Kier molecular flexibility index (Phi) is 5.83. The maximum absolute atomic E-state index is 12.5. The Morgan fingerprint density at radius 1 is 1.47 bits per heavy atom. The summed E-state index contributed by atoms with van der Waals surface area (Å²) < 4.78 is 0. The Bertz CT molecular complexity index is 436. The van der Waals surface area contributed by atoms with Gasteiger partial charge < -0.3 is 10.2 Å². The van der Waals surface area contributed by atoms with Crippen molar-refractivity contribution in [3.8, 4) is 0 Å². The molecule has 19 heavy (non-hydrogen) atoms. The first-order chi connectivity index (χ1) is 8.59. The van der Waals surface area contributed by atoms with E-state index in [1.165, 1.54) is 5.56 Å². The molecule has 1 aromatic rings.